The van der Waals surface area contributed by atoms with Gasteiger partial charge in [-0.3, -0.25) is 0 Å². The van der Waals surface area contributed by atoms with Gasteiger partial charge in [-0.1, -0.05) is 23.8 Å². The molecular weight excluding hydrogens is 436 g/mol. The second-order valence-corrected chi connectivity index (χ2v) is 9.50. The molecule has 1 aromatic heterocycles. The molecule has 1 saturated heterocycles. The number of aromatic nitrogens is 2. The average Bonchev–Trinajstić information content (AvgIpc) is 2.75. The molecule has 0 bridgehead atoms. The van der Waals surface area contributed by atoms with E-state index in [1.165, 1.54) is 0 Å². The van der Waals surface area contributed by atoms with Crippen LogP contribution in [0.2, 0.25) is 0 Å². The Morgan fingerprint density at radius 3 is 2.16 bits per heavy atom. The van der Waals surface area contributed by atoms with Gasteiger partial charge in [0.05, 0.1) is 0 Å². The summed E-state index contributed by atoms with van der Waals surface area (Å²) in [5, 5.41) is 3.18. The van der Waals surface area contributed by atoms with Crippen molar-refractivity contribution in [2.24, 2.45) is 0 Å². The van der Waals surface area contributed by atoms with E-state index < -0.39 is 26.6 Å². The van der Waals surface area contributed by atoms with E-state index in [0.717, 1.165) is 39.4 Å². The number of anilines is 3. The highest BCUT2D eigenvalue weighted by molar-refractivity contribution is 7.89. The largest absolute Gasteiger partial charge is 0.354 e. The molecule has 0 amide bonds. The molecule has 2 heterocycles. The Balaban J connectivity index is 1.49. The fraction of sp³-hybridized carbons (Fsp3) is 0.273. The number of nitrogens with zero attached hydrogens (tertiary/aromatic N) is 4. The number of rotatable bonds is 5. The Bertz CT molecular complexity index is 1210. The van der Waals surface area contributed by atoms with Gasteiger partial charge in [0.15, 0.2) is 4.90 Å². The predicted octanol–water partition coefficient (Wildman–Crippen LogP) is 3.63. The maximum Gasteiger partial charge on any atom is 0.249 e. The molecule has 2 aromatic carbocycles. The molecule has 10 heteroatoms. The molecule has 0 atom stereocenters. The van der Waals surface area contributed by atoms with E-state index in [2.05, 4.69) is 15.3 Å². The van der Waals surface area contributed by atoms with E-state index in [-0.39, 0.29) is 13.1 Å². The zero-order chi connectivity index (χ0) is 22.9. The Kier molecular flexibility index (Phi) is 6.07. The van der Waals surface area contributed by atoms with Gasteiger partial charge in [0.2, 0.25) is 16.0 Å². The van der Waals surface area contributed by atoms with E-state index in [1.807, 2.05) is 49.1 Å². The highest BCUT2D eigenvalue weighted by atomic mass is 32.2. The molecule has 0 unspecified atom stereocenters. The molecule has 32 heavy (non-hydrogen) atoms. The van der Waals surface area contributed by atoms with Crippen molar-refractivity contribution in [3.63, 3.8) is 0 Å². The Hall–Kier alpha value is -3.11. The van der Waals surface area contributed by atoms with Gasteiger partial charge < -0.3 is 10.2 Å². The van der Waals surface area contributed by atoms with E-state index in [0.29, 0.717) is 24.9 Å². The topological polar surface area (TPSA) is 78.4 Å². The number of hydrogen-bond acceptors (Lipinski definition) is 6. The van der Waals surface area contributed by atoms with Gasteiger partial charge in [-0.15, -0.1) is 0 Å². The number of hydrogen-bond donors (Lipinski definition) is 1. The maximum atomic E-state index is 14.1. The molecule has 0 spiro atoms. The van der Waals surface area contributed by atoms with Crippen LogP contribution in [0, 0.1) is 25.5 Å². The molecule has 3 aromatic rings. The van der Waals surface area contributed by atoms with Crippen molar-refractivity contribution in [3.8, 4) is 0 Å². The number of nitrogens with one attached hydrogen (secondary N) is 1. The summed E-state index contributed by atoms with van der Waals surface area (Å²) in [5.41, 5.74) is 2.76. The molecule has 4 rings (SSSR count). The summed E-state index contributed by atoms with van der Waals surface area (Å²) in [6.07, 6.45) is 0. The predicted molar refractivity (Wildman–Crippen MR) is 119 cm³/mol. The fourth-order valence-corrected chi connectivity index (χ4v) is 5.08. The minimum atomic E-state index is -4.28. The van der Waals surface area contributed by atoms with Gasteiger partial charge >= 0.3 is 0 Å². The molecule has 0 saturated carbocycles. The quantitative estimate of drug-likeness (QED) is 0.628. The van der Waals surface area contributed by atoms with Crippen LogP contribution in [0.5, 0.6) is 0 Å². The Morgan fingerprint density at radius 1 is 0.906 bits per heavy atom. The second kappa shape index (κ2) is 8.79. The van der Waals surface area contributed by atoms with Crippen molar-refractivity contribution in [2.75, 3.05) is 36.4 Å². The first-order chi connectivity index (χ1) is 15.2. The molecule has 1 aliphatic heterocycles. The van der Waals surface area contributed by atoms with E-state index in [1.54, 1.807) is 0 Å². The zero-order valence-electron chi connectivity index (χ0n) is 17.7. The Morgan fingerprint density at radius 2 is 1.53 bits per heavy atom. The second-order valence-electron chi connectivity index (χ2n) is 7.62. The third kappa shape index (κ3) is 4.56. The lowest BCUT2D eigenvalue weighted by atomic mass is 10.2. The van der Waals surface area contributed by atoms with Crippen LogP contribution < -0.4 is 10.2 Å². The van der Waals surface area contributed by atoms with Gasteiger partial charge in [0.25, 0.3) is 0 Å². The minimum Gasteiger partial charge on any atom is -0.354 e. The lowest BCUT2D eigenvalue weighted by molar-refractivity contribution is 0.377. The minimum absolute atomic E-state index is 0.0832. The van der Waals surface area contributed by atoms with Crippen LogP contribution in [0.15, 0.2) is 53.4 Å². The SMILES string of the molecule is Cc1ccc(Nc2nc(C)cc(N3CCN(S(=O)(=O)c4c(F)cccc4F)CC3)n2)cc1. The van der Waals surface area contributed by atoms with Crippen LogP contribution >= 0.6 is 0 Å². The fourth-order valence-electron chi connectivity index (χ4n) is 3.55. The summed E-state index contributed by atoms with van der Waals surface area (Å²) < 4.78 is 54.8. The third-order valence-electron chi connectivity index (χ3n) is 5.23. The van der Waals surface area contributed by atoms with Crippen LogP contribution in [-0.2, 0) is 10.0 Å². The average molecular weight is 460 g/mol. The number of sulfonamides is 1. The molecule has 1 N–H and O–H groups in total. The summed E-state index contributed by atoms with van der Waals surface area (Å²) >= 11 is 0. The van der Waals surface area contributed by atoms with Gasteiger partial charge in [-0.05, 0) is 38.1 Å². The smallest absolute Gasteiger partial charge is 0.249 e. The highest BCUT2D eigenvalue weighted by Crippen LogP contribution is 2.25. The van der Waals surface area contributed by atoms with E-state index in [9.17, 15) is 17.2 Å². The molecule has 0 aliphatic carbocycles. The lowest BCUT2D eigenvalue weighted by Gasteiger charge is -2.34. The molecule has 1 fully saturated rings. The van der Waals surface area contributed by atoms with Crippen molar-refractivity contribution in [1.29, 1.82) is 0 Å². The monoisotopic (exact) mass is 459 g/mol. The molecule has 168 valence electrons. The van der Waals surface area contributed by atoms with Crippen molar-refractivity contribution in [1.82, 2.24) is 14.3 Å². The summed E-state index contributed by atoms with van der Waals surface area (Å²) in [7, 11) is -4.28. The van der Waals surface area contributed by atoms with Crippen LogP contribution in [-0.4, -0.2) is 48.9 Å². The first-order valence-corrected chi connectivity index (χ1v) is 11.6. The highest BCUT2D eigenvalue weighted by Gasteiger charge is 2.33. The van der Waals surface area contributed by atoms with Crippen LogP contribution in [0.1, 0.15) is 11.3 Å². The number of halogens is 2. The summed E-state index contributed by atoms with van der Waals surface area (Å²) in [6, 6.07) is 12.7. The number of piperazine rings is 1. The maximum absolute atomic E-state index is 14.1. The molecule has 7 nitrogen and oxygen atoms in total. The Labute approximate surface area is 185 Å². The number of aryl methyl sites for hydroxylation is 2. The van der Waals surface area contributed by atoms with Gasteiger partial charge in [0, 0.05) is 43.6 Å². The van der Waals surface area contributed by atoms with Crippen LogP contribution in [0.4, 0.5) is 26.2 Å². The summed E-state index contributed by atoms with van der Waals surface area (Å²) in [5.74, 6) is -1.09. The molecular formula is C22H23F2N5O2S. The zero-order valence-corrected chi connectivity index (χ0v) is 18.5. The summed E-state index contributed by atoms with van der Waals surface area (Å²) in [6.45, 7) is 4.68. The summed E-state index contributed by atoms with van der Waals surface area (Å²) in [4.78, 5) is 10.0. The van der Waals surface area contributed by atoms with Crippen molar-refractivity contribution < 1.29 is 17.2 Å². The van der Waals surface area contributed by atoms with Crippen molar-refractivity contribution in [3.05, 3.63) is 71.4 Å². The molecule has 0 radical (unpaired) electrons. The van der Waals surface area contributed by atoms with Crippen molar-refractivity contribution in [2.45, 2.75) is 18.7 Å². The normalized spacial score (nSPS) is 15.1. The third-order valence-corrected chi connectivity index (χ3v) is 7.18. The first kappa shape index (κ1) is 22.1. The van der Waals surface area contributed by atoms with Gasteiger partial charge in [-0.2, -0.15) is 9.29 Å². The van der Waals surface area contributed by atoms with Crippen LogP contribution in [0.25, 0.3) is 0 Å². The van der Waals surface area contributed by atoms with Crippen LogP contribution in [0.3, 0.4) is 0 Å². The van der Waals surface area contributed by atoms with Gasteiger partial charge in [0.1, 0.15) is 17.5 Å². The first-order valence-electron chi connectivity index (χ1n) is 10.1. The molecule has 1 aliphatic rings. The standard InChI is InChI=1S/C22H23F2N5O2S/c1-15-6-8-17(9-7-15)26-22-25-16(2)14-20(27-22)28-10-12-29(13-11-28)32(30,31)21-18(23)4-3-5-19(21)24/h3-9,14H,10-13H2,1-2H3,(H,25,26,27). The van der Waals surface area contributed by atoms with Crippen molar-refractivity contribution >= 4 is 27.5 Å². The van der Waals surface area contributed by atoms with E-state index >= 15 is 0 Å². The van der Waals surface area contributed by atoms with E-state index in [4.69, 9.17) is 0 Å². The number of benzene rings is 2. The lowest BCUT2D eigenvalue weighted by Crippen LogP contribution is -2.49. The van der Waals surface area contributed by atoms with Gasteiger partial charge in [-0.25, -0.2) is 22.2 Å².